The van der Waals surface area contributed by atoms with Crippen LogP contribution in [0.2, 0.25) is 0 Å². The highest BCUT2D eigenvalue weighted by Gasteiger charge is 2.33. The van der Waals surface area contributed by atoms with Gasteiger partial charge in [0.2, 0.25) is 21.8 Å². The highest BCUT2D eigenvalue weighted by molar-refractivity contribution is 7.89. The third-order valence-electron chi connectivity index (χ3n) is 6.19. The molecule has 2 fully saturated rings. The molecule has 2 saturated heterocycles. The predicted molar refractivity (Wildman–Crippen MR) is 111 cm³/mol. The third kappa shape index (κ3) is 4.68. The Balaban J connectivity index is 1.36. The summed E-state index contributed by atoms with van der Waals surface area (Å²) in [7, 11) is -3.63. The molecule has 8 nitrogen and oxygen atoms in total. The van der Waals surface area contributed by atoms with Crippen molar-refractivity contribution in [3.63, 3.8) is 0 Å². The Bertz CT molecular complexity index is 903. The van der Waals surface area contributed by atoms with Crippen LogP contribution in [0.5, 0.6) is 0 Å². The van der Waals surface area contributed by atoms with Gasteiger partial charge in [0, 0.05) is 44.3 Å². The van der Waals surface area contributed by atoms with Crippen molar-refractivity contribution in [3.05, 3.63) is 23.8 Å². The van der Waals surface area contributed by atoms with Gasteiger partial charge in [0.05, 0.1) is 11.0 Å². The number of ether oxygens (including phenoxy) is 1. The monoisotopic (exact) mass is 435 g/mol. The number of piperidine rings is 1. The predicted octanol–water partition coefficient (Wildman–Crippen LogP) is 1.66. The molecule has 164 valence electrons. The molecule has 3 heterocycles. The number of sulfonamides is 1. The number of carbonyl (C=O) groups is 2. The minimum Gasteiger partial charge on any atom is -0.376 e. The number of benzene rings is 1. The minimum absolute atomic E-state index is 0.0108. The fourth-order valence-corrected chi connectivity index (χ4v) is 5.90. The quantitative estimate of drug-likeness (QED) is 0.732. The Kier molecular flexibility index (Phi) is 6.40. The van der Waals surface area contributed by atoms with E-state index < -0.39 is 10.0 Å². The van der Waals surface area contributed by atoms with Crippen LogP contribution >= 0.6 is 0 Å². The summed E-state index contributed by atoms with van der Waals surface area (Å²) in [6.07, 6.45) is 4.95. The molecule has 1 aromatic carbocycles. The summed E-state index contributed by atoms with van der Waals surface area (Å²) < 4.78 is 33.2. The molecule has 9 heteroatoms. The number of carbonyl (C=O) groups excluding carboxylic acids is 2. The van der Waals surface area contributed by atoms with Gasteiger partial charge in [-0.15, -0.1) is 0 Å². The number of anilines is 1. The van der Waals surface area contributed by atoms with Crippen LogP contribution in [-0.2, 0) is 30.8 Å². The van der Waals surface area contributed by atoms with Crippen LogP contribution in [0.15, 0.2) is 23.1 Å². The van der Waals surface area contributed by atoms with Crippen LogP contribution in [0.3, 0.4) is 0 Å². The van der Waals surface area contributed by atoms with Crippen molar-refractivity contribution in [2.45, 2.75) is 55.9 Å². The molecule has 1 atom stereocenters. The number of hydrogen-bond donors (Lipinski definition) is 2. The lowest BCUT2D eigenvalue weighted by atomic mass is 9.97. The van der Waals surface area contributed by atoms with E-state index in [1.165, 1.54) is 4.31 Å². The van der Waals surface area contributed by atoms with Crippen molar-refractivity contribution in [2.75, 3.05) is 31.6 Å². The zero-order valence-electron chi connectivity index (χ0n) is 17.1. The molecule has 0 aromatic heterocycles. The molecule has 1 unspecified atom stereocenters. The molecule has 0 bridgehead atoms. The summed E-state index contributed by atoms with van der Waals surface area (Å²) in [5, 5.41) is 5.79. The van der Waals surface area contributed by atoms with E-state index in [4.69, 9.17) is 4.74 Å². The summed E-state index contributed by atoms with van der Waals surface area (Å²) in [6, 6.07) is 4.91. The SMILES string of the molecule is O=C1CCCc2cc(S(=O)(=O)N3CCC(C(=O)NCC4CCCO4)CC3)ccc2N1. The van der Waals surface area contributed by atoms with Gasteiger partial charge < -0.3 is 15.4 Å². The van der Waals surface area contributed by atoms with Crippen molar-refractivity contribution in [1.82, 2.24) is 9.62 Å². The fourth-order valence-electron chi connectivity index (χ4n) is 4.38. The maximum Gasteiger partial charge on any atom is 0.243 e. The van der Waals surface area contributed by atoms with Crippen LogP contribution in [0, 0.1) is 5.92 Å². The number of amides is 2. The molecular weight excluding hydrogens is 406 g/mol. The molecule has 1 aromatic rings. The van der Waals surface area contributed by atoms with Crippen molar-refractivity contribution in [3.8, 4) is 0 Å². The van der Waals surface area contributed by atoms with E-state index in [2.05, 4.69) is 10.6 Å². The first-order chi connectivity index (χ1) is 14.4. The Morgan fingerprint density at radius 1 is 1.17 bits per heavy atom. The largest absolute Gasteiger partial charge is 0.376 e. The van der Waals surface area contributed by atoms with Crippen molar-refractivity contribution in [1.29, 1.82) is 0 Å². The molecular formula is C21H29N3O5S. The van der Waals surface area contributed by atoms with Crippen LogP contribution in [-0.4, -0.2) is 56.9 Å². The van der Waals surface area contributed by atoms with Crippen LogP contribution in [0.1, 0.15) is 44.1 Å². The molecule has 0 saturated carbocycles. The number of rotatable bonds is 5. The van der Waals surface area contributed by atoms with E-state index in [9.17, 15) is 18.0 Å². The number of nitrogens with zero attached hydrogens (tertiary/aromatic N) is 1. The average molecular weight is 436 g/mol. The van der Waals surface area contributed by atoms with Crippen LogP contribution < -0.4 is 10.6 Å². The van der Waals surface area contributed by atoms with Gasteiger partial charge in [-0.05, 0) is 62.3 Å². The molecule has 2 amide bonds. The van der Waals surface area contributed by atoms with Gasteiger partial charge in [0.15, 0.2) is 0 Å². The first kappa shape index (κ1) is 21.3. The molecule has 3 aliphatic rings. The van der Waals surface area contributed by atoms with E-state index in [-0.39, 0.29) is 28.7 Å². The summed E-state index contributed by atoms with van der Waals surface area (Å²) in [4.78, 5) is 24.4. The molecule has 0 spiro atoms. The fraction of sp³-hybridized carbons (Fsp3) is 0.619. The van der Waals surface area contributed by atoms with Gasteiger partial charge in [0.1, 0.15) is 0 Å². The maximum absolute atomic E-state index is 13.1. The lowest BCUT2D eigenvalue weighted by Gasteiger charge is -2.31. The average Bonchev–Trinajstić information content (AvgIpc) is 3.19. The maximum atomic E-state index is 13.1. The second-order valence-corrected chi connectivity index (χ2v) is 10.2. The second-order valence-electron chi connectivity index (χ2n) is 8.28. The first-order valence-electron chi connectivity index (χ1n) is 10.8. The van der Waals surface area contributed by atoms with E-state index in [1.807, 2.05) is 0 Å². The van der Waals surface area contributed by atoms with Gasteiger partial charge in [-0.3, -0.25) is 9.59 Å². The highest BCUT2D eigenvalue weighted by atomic mass is 32.2. The third-order valence-corrected chi connectivity index (χ3v) is 8.09. The number of hydrogen-bond acceptors (Lipinski definition) is 5. The Hall–Kier alpha value is -1.97. The van der Waals surface area contributed by atoms with Gasteiger partial charge in [-0.1, -0.05) is 0 Å². The molecule has 0 aliphatic carbocycles. The summed E-state index contributed by atoms with van der Waals surface area (Å²) in [6.45, 7) is 1.94. The number of nitrogens with one attached hydrogen (secondary N) is 2. The lowest BCUT2D eigenvalue weighted by Crippen LogP contribution is -2.44. The molecule has 0 radical (unpaired) electrons. The summed E-state index contributed by atoms with van der Waals surface area (Å²) in [5.74, 6) is -0.215. The van der Waals surface area contributed by atoms with Crippen molar-refractivity contribution in [2.24, 2.45) is 5.92 Å². The van der Waals surface area contributed by atoms with Gasteiger partial charge in [-0.25, -0.2) is 8.42 Å². The normalized spacial score (nSPS) is 23.5. The van der Waals surface area contributed by atoms with E-state index in [0.717, 1.165) is 25.0 Å². The van der Waals surface area contributed by atoms with E-state index in [0.29, 0.717) is 57.4 Å². The molecule has 3 aliphatic heterocycles. The standard InChI is InChI=1S/C21H29N3O5S/c25-20-5-1-3-16-13-18(6-7-19(16)23-20)30(27,28)24-10-8-15(9-11-24)21(26)22-14-17-4-2-12-29-17/h6-7,13,15,17H,1-5,8-12,14H2,(H,22,26)(H,23,25). The van der Waals surface area contributed by atoms with E-state index in [1.54, 1.807) is 18.2 Å². The van der Waals surface area contributed by atoms with E-state index >= 15 is 0 Å². The number of fused-ring (bicyclic) bond motifs is 1. The second kappa shape index (κ2) is 9.03. The van der Waals surface area contributed by atoms with Crippen molar-refractivity contribution >= 4 is 27.5 Å². The Morgan fingerprint density at radius 3 is 2.70 bits per heavy atom. The van der Waals surface area contributed by atoms with Crippen molar-refractivity contribution < 1.29 is 22.7 Å². The highest BCUT2D eigenvalue weighted by Crippen LogP contribution is 2.29. The molecule has 4 rings (SSSR count). The number of aryl methyl sites for hydroxylation is 1. The Morgan fingerprint density at radius 2 is 1.97 bits per heavy atom. The molecule has 30 heavy (non-hydrogen) atoms. The topological polar surface area (TPSA) is 105 Å². The summed E-state index contributed by atoms with van der Waals surface area (Å²) in [5.41, 5.74) is 1.54. The first-order valence-corrected chi connectivity index (χ1v) is 12.2. The van der Waals surface area contributed by atoms with Gasteiger partial charge in [-0.2, -0.15) is 4.31 Å². The van der Waals surface area contributed by atoms with Gasteiger partial charge in [0.25, 0.3) is 0 Å². The zero-order chi connectivity index (χ0) is 21.1. The molecule has 2 N–H and O–H groups in total. The summed E-state index contributed by atoms with van der Waals surface area (Å²) >= 11 is 0. The van der Waals surface area contributed by atoms with Crippen LogP contribution in [0.4, 0.5) is 5.69 Å². The minimum atomic E-state index is -3.63. The zero-order valence-corrected chi connectivity index (χ0v) is 17.9. The Labute approximate surface area is 177 Å². The lowest BCUT2D eigenvalue weighted by molar-refractivity contribution is -0.126. The smallest absolute Gasteiger partial charge is 0.243 e. The van der Waals surface area contributed by atoms with Gasteiger partial charge >= 0.3 is 0 Å². The van der Waals surface area contributed by atoms with Crippen LogP contribution in [0.25, 0.3) is 0 Å².